The molecule has 0 aliphatic carbocycles. The Hall–Kier alpha value is -1.54. The van der Waals surface area contributed by atoms with Gasteiger partial charge in [-0.2, -0.15) is 0 Å². The second-order valence-corrected chi connectivity index (χ2v) is 11.3. The molecule has 1 N–H and O–H groups in total. The fourth-order valence-corrected chi connectivity index (χ4v) is 7.75. The van der Waals surface area contributed by atoms with Crippen molar-refractivity contribution < 1.29 is 24.2 Å². The Balaban J connectivity index is 2.02. The fraction of sp³-hybridized carbons (Fsp3) is 0.783. The number of fused-ring (bicyclic) bond motifs is 1. The molecule has 3 aliphatic heterocycles. The summed E-state index contributed by atoms with van der Waals surface area (Å²) in [6.07, 6.45) is 4.45. The van der Waals surface area contributed by atoms with Crippen LogP contribution in [-0.4, -0.2) is 80.6 Å². The topological polar surface area (TPSA) is 87.2 Å². The van der Waals surface area contributed by atoms with Crippen LogP contribution < -0.4 is 0 Å². The summed E-state index contributed by atoms with van der Waals surface area (Å²) in [6.45, 7) is 12.7. The number of thioether (sulfide) groups is 1. The van der Waals surface area contributed by atoms with E-state index in [2.05, 4.69) is 6.58 Å². The van der Waals surface area contributed by atoms with E-state index in [4.69, 9.17) is 4.74 Å². The smallest absolute Gasteiger partial charge is 0.310 e. The van der Waals surface area contributed by atoms with E-state index in [1.165, 1.54) is 0 Å². The van der Waals surface area contributed by atoms with E-state index in [0.29, 0.717) is 25.9 Å². The summed E-state index contributed by atoms with van der Waals surface area (Å²) < 4.78 is 4.74. The minimum absolute atomic E-state index is 0.0189. The number of nitrogens with zero attached hydrogens (tertiary/aromatic N) is 2. The molecule has 3 aliphatic rings. The maximum absolute atomic E-state index is 14.0. The molecule has 5 atom stereocenters. The second-order valence-electron chi connectivity index (χ2n) is 9.68. The minimum atomic E-state index is -0.614. The van der Waals surface area contributed by atoms with Crippen molar-refractivity contribution in [2.45, 2.75) is 75.0 Å². The molecule has 174 valence electrons. The Morgan fingerprint density at radius 3 is 2.68 bits per heavy atom. The number of carbonyl (C=O) groups excluding carboxylic acids is 3. The van der Waals surface area contributed by atoms with E-state index >= 15 is 0 Å². The summed E-state index contributed by atoms with van der Waals surface area (Å²) in [5.74, 6) is -1.53. The van der Waals surface area contributed by atoms with Crippen molar-refractivity contribution in [1.82, 2.24) is 9.80 Å². The highest BCUT2D eigenvalue weighted by Gasteiger charge is 2.74. The first kappa shape index (κ1) is 24.1. The van der Waals surface area contributed by atoms with Gasteiger partial charge in [0.05, 0.1) is 23.2 Å². The van der Waals surface area contributed by atoms with Crippen molar-refractivity contribution in [3.05, 3.63) is 12.7 Å². The summed E-state index contributed by atoms with van der Waals surface area (Å²) >= 11 is 1.66. The molecule has 2 amide bonds. The maximum Gasteiger partial charge on any atom is 0.310 e. The molecular weight excluding hydrogens is 416 g/mol. The maximum atomic E-state index is 14.0. The van der Waals surface area contributed by atoms with Gasteiger partial charge in [-0.25, -0.2) is 0 Å². The Kier molecular flexibility index (Phi) is 7.11. The van der Waals surface area contributed by atoms with Gasteiger partial charge in [0.2, 0.25) is 11.8 Å². The van der Waals surface area contributed by atoms with Gasteiger partial charge in [0, 0.05) is 30.5 Å². The minimum Gasteiger partial charge on any atom is -0.466 e. The Labute approximate surface area is 189 Å². The first-order chi connectivity index (χ1) is 14.6. The standard InChI is InChI=1S/C23H36N2O5S/c1-6-12-25(22(3,4)5)20(28)18-23-11-10-15(31-23)16(21(29)30-7-2)17(23)19(27)24(18)13-8-9-14-26/h6,15-18,26H,1,7-14H2,2-5H3/t15-,16+,17+,18?,23?/m1/s1. The zero-order chi connectivity index (χ0) is 23.0. The van der Waals surface area contributed by atoms with Crippen LogP contribution in [0.5, 0.6) is 0 Å². The van der Waals surface area contributed by atoms with Gasteiger partial charge in [-0.1, -0.05) is 6.08 Å². The van der Waals surface area contributed by atoms with E-state index in [-0.39, 0.29) is 36.2 Å². The third kappa shape index (κ3) is 4.01. The van der Waals surface area contributed by atoms with Gasteiger partial charge in [-0.15, -0.1) is 18.3 Å². The van der Waals surface area contributed by atoms with Gasteiger partial charge in [-0.05, 0) is 53.4 Å². The summed E-state index contributed by atoms with van der Waals surface area (Å²) in [7, 11) is 0. The van der Waals surface area contributed by atoms with Crippen LogP contribution in [0.3, 0.4) is 0 Å². The van der Waals surface area contributed by atoms with Crippen LogP contribution in [-0.2, 0) is 19.1 Å². The van der Waals surface area contributed by atoms with E-state index in [9.17, 15) is 19.5 Å². The summed E-state index contributed by atoms with van der Waals surface area (Å²) in [4.78, 5) is 44.0. The zero-order valence-corrected chi connectivity index (χ0v) is 20.0. The Morgan fingerprint density at radius 2 is 2.10 bits per heavy atom. The second kappa shape index (κ2) is 9.14. The Morgan fingerprint density at radius 1 is 1.39 bits per heavy atom. The molecule has 8 heteroatoms. The molecule has 0 saturated carbocycles. The average molecular weight is 453 g/mol. The predicted molar refractivity (Wildman–Crippen MR) is 120 cm³/mol. The molecule has 2 unspecified atom stereocenters. The monoisotopic (exact) mass is 452 g/mol. The largest absolute Gasteiger partial charge is 0.466 e. The number of carbonyl (C=O) groups is 3. The lowest BCUT2D eigenvalue weighted by atomic mass is 9.71. The van der Waals surface area contributed by atoms with Crippen LogP contribution in [0, 0.1) is 11.8 Å². The van der Waals surface area contributed by atoms with Gasteiger partial charge < -0.3 is 19.6 Å². The zero-order valence-electron chi connectivity index (χ0n) is 19.1. The third-order valence-corrected chi connectivity index (χ3v) is 8.74. The Bertz CT molecular complexity index is 736. The molecule has 3 fully saturated rings. The van der Waals surface area contributed by atoms with E-state index in [1.807, 2.05) is 20.8 Å². The van der Waals surface area contributed by atoms with Crippen molar-refractivity contribution in [1.29, 1.82) is 0 Å². The first-order valence-electron chi connectivity index (χ1n) is 11.3. The molecule has 0 radical (unpaired) electrons. The van der Waals surface area contributed by atoms with Crippen molar-refractivity contribution in [3.8, 4) is 0 Å². The van der Waals surface area contributed by atoms with E-state index < -0.39 is 28.2 Å². The van der Waals surface area contributed by atoms with Gasteiger partial charge in [0.1, 0.15) is 6.04 Å². The van der Waals surface area contributed by atoms with Crippen molar-refractivity contribution in [2.24, 2.45) is 11.8 Å². The lowest BCUT2D eigenvalue weighted by molar-refractivity contribution is -0.153. The lowest BCUT2D eigenvalue weighted by Gasteiger charge is -2.42. The summed E-state index contributed by atoms with van der Waals surface area (Å²) in [5.41, 5.74) is -0.429. The lowest BCUT2D eigenvalue weighted by Crippen LogP contribution is -2.58. The number of hydrogen-bond acceptors (Lipinski definition) is 6. The number of esters is 1. The van der Waals surface area contributed by atoms with Gasteiger partial charge in [0.15, 0.2) is 0 Å². The molecule has 3 rings (SSSR count). The number of rotatable bonds is 9. The highest BCUT2D eigenvalue weighted by Crippen LogP contribution is 2.66. The highest BCUT2D eigenvalue weighted by molar-refractivity contribution is 8.02. The quantitative estimate of drug-likeness (QED) is 0.328. The van der Waals surface area contributed by atoms with Crippen LogP contribution in [0.25, 0.3) is 0 Å². The number of aliphatic hydroxyl groups is 1. The van der Waals surface area contributed by atoms with Crippen molar-refractivity contribution >= 4 is 29.5 Å². The molecule has 3 saturated heterocycles. The summed E-state index contributed by atoms with van der Waals surface area (Å²) in [6, 6.07) is -0.614. The molecule has 2 bridgehead atoms. The van der Waals surface area contributed by atoms with Gasteiger partial charge in [-0.3, -0.25) is 14.4 Å². The molecule has 3 heterocycles. The van der Waals surface area contributed by atoms with Crippen LogP contribution in [0.2, 0.25) is 0 Å². The molecule has 0 aromatic heterocycles. The first-order valence-corrected chi connectivity index (χ1v) is 12.2. The normalized spacial score (nSPS) is 31.6. The predicted octanol–water partition coefficient (Wildman–Crippen LogP) is 2.23. The number of hydrogen-bond donors (Lipinski definition) is 1. The average Bonchev–Trinajstić information content (AvgIpc) is 3.33. The highest BCUT2D eigenvalue weighted by atomic mass is 32.2. The van der Waals surface area contributed by atoms with Crippen LogP contribution in [0.4, 0.5) is 0 Å². The van der Waals surface area contributed by atoms with Crippen LogP contribution in [0.1, 0.15) is 53.4 Å². The van der Waals surface area contributed by atoms with E-state index in [1.54, 1.807) is 34.6 Å². The third-order valence-electron chi connectivity index (χ3n) is 6.79. The molecule has 0 aromatic rings. The number of amides is 2. The number of aliphatic hydroxyl groups excluding tert-OH is 1. The van der Waals surface area contributed by atoms with Gasteiger partial charge >= 0.3 is 5.97 Å². The van der Waals surface area contributed by atoms with Crippen LogP contribution in [0.15, 0.2) is 12.7 Å². The number of unbranched alkanes of at least 4 members (excludes halogenated alkanes) is 1. The molecule has 7 nitrogen and oxygen atoms in total. The molecule has 31 heavy (non-hydrogen) atoms. The van der Waals surface area contributed by atoms with Gasteiger partial charge in [0.25, 0.3) is 0 Å². The number of likely N-dealkylation sites (tertiary alicyclic amines) is 1. The van der Waals surface area contributed by atoms with Crippen molar-refractivity contribution in [2.75, 3.05) is 26.3 Å². The molecule has 0 aromatic carbocycles. The van der Waals surface area contributed by atoms with Crippen LogP contribution >= 0.6 is 11.8 Å². The van der Waals surface area contributed by atoms with E-state index in [0.717, 1.165) is 12.8 Å². The molecule has 1 spiro atoms. The number of ether oxygens (including phenoxy) is 1. The molecular formula is C23H36N2O5S. The fourth-order valence-electron chi connectivity index (χ4n) is 5.54. The summed E-state index contributed by atoms with van der Waals surface area (Å²) in [5, 5.41) is 9.25. The van der Waals surface area contributed by atoms with Crippen molar-refractivity contribution in [3.63, 3.8) is 0 Å². The SMILES string of the molecule is C=CCN(C(=O)C1N(CCCCO)C(=O)[C@@H]2[C@@H](C(=O)OCC)[C@H]3CCC12S3)C(C)(C)C.